The van der Waals surface area contributed by atoms with E-state index in [0.29, 0.717) is 12.0 Å². The molecule has 0 aliphatic heterocycles. The highest BCUT2D eigenvalue weighted by Gasteiger charge is 2.31. The Labute approximate surface area is 154 Å². The molecule has 2 aromatic rings. The van der Waals surface area contributed by atoms with E-state index in [2.05, 4.69) is 31.8 Å². The summed E-state index contributed by atoms with van der Waals surface area (Å²) in [5, 5.41) is 19.6. The monoisotopic (exact) mass is 348 g/mol. The van der Waals surface area contributed by atoms with Gasteiger partial charge in [-0.15, -0.1) is 0 Å². The molecule has 0 spiro atoms. The molecule has 26 heavy (non-hydrogen) atoms. The lowest BCUT2D eigenvalue weighted by Crippen LogP contribution is -2.26. The molecule has 1 unspecified atom stereocenters. The number of carboxylic acids is 1. The first-order valence-corrected chi connectivity index (χ1v) is 9.02. The number of hydrogen-bond acceptors (Lipinski definition) is 2. The molecular weight excluding hydrogens is 324 g/mol. The van der Waals surface area contributed by atoms with Crippen molar-refractivity contribution in [1.29, 1.82) is 0 Å². The number of rotatable bonds is 2. The molecular formula is C23H24O3. The Morgan fingerprint density at radius 1 is 1.15 bits per heavy atom. The Morgan fingerprint density at radius 3 is 2.46 bits per heavy atom. The van der Waals surface area contributed by atoms with Gasteiger partial charge in [0.25, 0.3) is 0 Å². The SMILES string of the molecule is CCc1cc(C#Cc2ccc3c(c2)C(O)CCC3(C)C)ccc1C(=O)O. The van der Waals surface area contributed by atoms with Crippen LogP contribution in [0.3, 0.4) is 0 Å². The number of aryl methyl sites for hydroxylation is 1. The lowest BCUT2D eigenvalue weighted by Gasteiger charge is -2.35. The zero-order valence-corrected chi connectivity index (χ0v) is 15.5. The van der Waals surface area contributed by atoms with Gasteiger partial charge in [-0.1, -0.05) is 38.7 Å². The first kappa shape index (κ1) is 18.2. The molecule has 3 nitrogen and oxygen atoms in total. The average Bonchev–Trinajstić information content (AvgIpc) is 2.63. The van der Waals surface area contributed by atoms with Crippen LogP contribution in [0.1, 0.15) is 77.9 Å². The maximum atomic E-state index is 11.2. The van der Waals surface area contributed by atoms with Crippen molar-refractivity contribution in [2.75, 3.05) is 0 Å². The van der Waals surface area contributed by atoms with E-state index < -0.39 is 12.1 Å². The van der Waals surface area contributed by atoms with Gasteiger partial charge in [0.1, 0.15) is 0 Å². The Balaban J connectivity index is 1.94. The van der Waals surface area contributed by atoms with E-state index in [1.165, 1.54) is 5.56 Å². The van der Waals surface area contributed by atoms with Gasteiger partial charge in [0.2, 0.25) is 0 Å². The minimum atomic E-state index is -0.910. The fourth-order valence-electron chi connectivity index (χ4n) is 3.64. The van der Waals surface area contributed by atoms with Gasteiger partial charge in [-0.05, 0) is 71.7 Å². The number of fused-ring (bicyclic) bond motifs is 1. The number of hydrogen-bond donors (Lipinski definition) is 2. The molecule has 1 aliphatic carbocycles. The van der Waals surface area contributed by atoms with Crippen LogP contribution in [0.2, 0.25) is 0 Å². The number of aliphatic hydroxyl groups excluding tert-OH is 1. The Bertz CT molecular complexity index is 913. The van der Waals surface area contributed by atoms with E-state index in [9.17, 15) is 15.0 Å². The molecule has 3 heteroatoms. The Kier molecular flexibility index (Phi) is 4.89. The van der Waals surface area contributed by atoms with Gasteiger partial charge in [-0.25, -0.2) is 4.79 Å². The summed E-state index contributed by atoms with van der Waals surface area (Å²) in [7, 11) is 0. The van der Waals surface area contributed by atoms with Crippen molar-refractivity contribution < 1.29 is 15.0 Å². The maximum Gasteiger partial charge on any atom is 0.335 e. The van der Waals surface area contributed by atoms with Crippen LogP contribution in [0.4, 0.5) is 0 Å². The third-order valence-electron chi connectivity index (χ3n) is 5.25. The van der Waals surface area contributed by atoms with Gasteiger partial charge in [-0.3, -0.25) is 0 Å². The molecule has 0 saturated carbocycles. The summed E-state index contributed by atoms with van der Waals surface area (Å²) in [4.78, 5) is 11.2. The molecule has 2 N–H and O–H groups in total. The van der Waals surface area contributed by atoms with Crippen molar-refractivity contribution in [3.8, 4) is 11.8 Å². The summed E-state index contributed by atoms with van der Waals surface area (Å²) in [5.74, 6) is 5.36. The van der Waals surface area contributed by atoms with Crippen molar-refractivity contribution in [2.24, 2.45) is 0 Å². The van der Waals surface area contributed by atoms with Crippen LogP contribution in [0.25, 0.3) is 0 Å². The number of carboxylic acid groups (broad SMARTS) is 1. The van der Waals surface area contributed by atoms with Crippen LogP contribution in [0.15, 0.2) is 36.4 Å². The predicted octanol–water partition coefficient (Wildman–Crippen LogP) is 4.45. The molecule has 1 aliphatic rings. The molecule has 0 bridgehead atoms. The molecule has 2 aromatic carbocycles. The average molecular weight is 348 g/mol. The summed E-state index contributed by atoms with van der Waals surface area (Å²) in [6.07, 6.45) is 1.97. The fraction of sp³-hybridized carbons (Fsp3) is 0.348. The number of benzene rings is 2. The Hall–Kier alpha value is -2.57. The molecule has 0 heterocycles. The van der Waals surface area contributed by atoms with Crippen LogP contribution < -0.4 is 0 Å². The Morgan fingerprint density at radius 2 is 1.81 bits per heavy atom. The maximum absolute atomic E-state index is 11.2. The summed E-state index contributed by atoms with van der Waals surface area (Å²) in [5.41, 5.74) is 5.02. The van der Waals surface area contributed by atoms with E-state index in [0.717, 1.165) is 35.1 Å². The number of aromatic carboxylic acids is 1. The van der Waals surface area contributed by atoms with Gasteiger partial charge < -0.3 is 10.2 Å². The van der Waals surface area contributed by atoms with E-state index in [1.807, 2.05) is 25.1 Å². The minimum absolute atomic E-state index is 0.0726. The first-order chi connectivity index (χ1) is 12.3. The van der Waals surface area contributed by atoms with Gasteiger partial charge in [0, 0.05) is 11.1 Å². The lowest BCUT2D eigenvalue weighted by molar-refractivity contribution is 0.0695. The molecule has 0 radical (unpaired) electrons. The quantitative estimate of drug-likeness (QED) is 0.788. The molecule has 0 amide bonds. The molecule has 0 fully saturated rings. The normalized spacial score (nSPS) is 17.8. The van der Waals surface area contributed by atoms with Gasteiger partial charge in [0.15, 0.2) is 0 Å². The van der Waals surface area contributed by atoms with Crippen molar-refractivity contribution in [3.63, 3.8) is 0 Å². The van der Waals surface area contributed by atoms with E-state index >= 15 is 0 Å². The van der Waals surface area contributed by atoms with Gasteiger partial charge in [0.05, 0.1) is 11.7 Å². The predicted molar refractivity (Wildman–Crippen MR) is 102 cm³/mol. The highest BCUT2D eigenvalue weighted by atomic mass is 16.4. The third-order valence-corrected chi connectivity index (χ3v) is 5.25. The second-order valence-corrected chi connectivity index (χ2v) is 7.52. The number of aliphatic hydroxyl groups is 1. The van der Waals surface area contributed by atoms with Gasteiger partial charge in [-0.2, -0.15) is 0 Å². The second-order valence-electron chi connectivity index (χ2n) is 7.52. The van der Waals surface area contributed by atoms with E-state index in [4.69, 9.17) is 0 Å². The number of carbonyl (C=O) groups is 1. The molecule has 3 rings (SSSR count). The summed E-state index contributed by atoms with van der Waals surface area (Å²) < 4.78 is 0. The second kappa shape index (κ2) is 6.97. The van der Waals surface area contributed by atoms with Crippen molar-refractivity contribution in [2.45, 2.75) is 51.6 Å². The summed E-state index contributed by atoms with van der Waals surface area (Å²) in [6.45, 7) is 6.35. The summed E-state index contributed by atoms with van der Waals surface area (Å²) in [6, 6.07) is 11.3. The van der Waals surface area contributed by atoms with Crippen LogP contribution in [-0.2, 0) is 11.8 Å². The van der Waals surface area contributed by atoms with E-state index in [1.54, 1.807) is 12.1 Å². The third kappa shape index (κ3) is 3.52. The van der Waals surface area contributed by atoms with Crippen LogP contribution in [-0.4, -0.2) is 16.2 Å². The van der Waals surface area contributed by atoms with Gasteiger partial charge >= 0.3 is 5.97 Å². The lowest BCUT2D eigenvalue weighted by atomic mass is 9.71. The van der Waals surface area contributed by atoms with Crippen LogP contribution in [0.5, 0.6) is 0 Å². The topological polar surface area (TPSA) is 57.5 Å². The largest absolute Gasteiger partial charge is 0.478 e. The molecule has 0 aromatic heterocycles. The zero-order chi connectivity index (χ0) is 18.9. The van der Waals surface area contributed by atoms with Crippen LogP contribution >= 0.6 is 0 Å². The summed E-state index contributed by atoms with van der Waals surface area (Å²) >= 11 is 0. The standard InChI is InChI=1S/C23H24O3/c1-4-17-13-15(7-9-18(17)22(25)26)5-6-16-8-10-20-19(14-16)21(24)11-12-23(20,2)3/h7-10,13-14,21,24H,4,11-12H2,1-3H3,(H,25,26). The molecule has 134 valence electrons. The fourth-order valence-corrected chi connectivity index (χ4v) is 3.64. The van der Waals surface area contributed by atoms with E-state index in [-0.39, 0.29) is 5.41 Å². The smallest absolute Gasteiger partial charge is 0.335 e. The first-order valence-electron chi connectivity index (χ1n) is 9.02. The van der Waals surface area contributed by atoms with Crippen molar-refractivity contribution in [3.05, 3.63) is 69.8 Å². The highest BCUT2D eigenvalue weighted by molar-refractivity contribution is 5.89. The van der Waals surface area contributed by atoms with Crippen molar-refractivity contribution in [1.82, 2.24) is 0 Å². The van der Waals surface area contributed by atoms with Crippen LogP contribution in [0, 0.1) is 11.8 Å². The highest BCUT2D eigenvalue weighted by Crippen LogP contribution is 2.41. The minimum Gasteiger partial charge on any atom is -0.478 e. The molecule has 0 saturated heterocycles. The zero-order valence-electron chi connectivity index (χ0n) is 15.5. The van der Waals surface area contributed by atoms with Crippen molar-refractivity contribution >= 4 is 5.97 Å². The molecule has 1 atom stereocenters.